The monoisotopic (exact) mass is 338 g/mol. The number of hydrogen-bond acceptors (Lipinski definition) is 3. The smallest absolute Gasteiger partial charge is 0.315 e. The van der Waals surface area contributed by atoms with Gasteiger partial charge in [0.2, 0.25) is 0 Å². The van der Waals surface area contributed by atoms with Crippen LogP contribution in [0.15, 0.2) is 24.3 Å². The van der Waals surface area contributed by atoms with Gasteiger partial charge in [0.25, 0.3) is 0 Å². The summed E-state index contributed by atoms with van der Waals surface area (Å²) in [4.78, 5) is 12.2. The average molecular weight is 338 g/mol. The second-order valence-electron chi connectivity index (χ2n) is 6.34. The lowest BCUT2D eigenvalue weighted by molar-refractivity contribution is 0.0506. The number of halogens is 1. The summed E-state index contributed by atoms with van der Waals surface area (Å²) in [6.45, 7) is 3.75. The van der Waals surface area contributed by atoms with Crippen molar-refractivity contribution in [2.75, 3.05) is 26.4 Å². The molecule has 0 bridgehead atoms. The number of ether oxygens (including phenoxy) is 1. The van der Waals surface area contributed by atoms with Gasteiger partial charge in [-0.15, -0.1) is 0 Å². The first-order chi connectivity index (χ1) is 11.6. The number of benzene rings is 1. The predicted octanol–water partition coefficient (Wildman–Crippen LogP) is 2.33. The van der Waals surface area contributed by atoms with Gasteiger partial charge < -0.3 is 20.5 Å². The van der Waals surface area contributed by atoms with E-state index in [2.05, 4.69) is 10.6 Å². The van der Waals surface area contributed by atoms with E-state index in [1.54, 1.807) is 12.1 Å². The number of nitrogens with one attached hydrogen (secondary N) is 2. The Morgan fingerprint density at radius 1 is 1.33 bits per heavy atom. The largest absolute Gasteiger partial charge is 0.396 e. The molecule has 3 N–H and O–H groups in total. The molecule has 1 fully saturated rings. The Labute approximate surface area is 142 Å². The molecular weight excluding hydrogens is 311 g/mol. The fourth-order valence-corrected chi connectivity index (χ4v) is 3.15. The molecule has 0 aliphatic carbocycles. The molecule has 134 valence electrons. The van der Waals surface area contributed by atoms with Crippen LogP contribution in [0.25, 0.3) is 0 Å². The summed E-state index contributed by atoms with van der Waals surface area (Å²) < 4.78 is 18.7. The lowest BCUT2D eigenvalue weighted by Crippen LogP contribution is -2.49. The number of rotatable bonds is 7. The summed E-state index contributed by atoms with van der Waals surface area (Å²) in [5.41, 5.74) is 0.789. The van der Waals surface area contributed by atoms with E-state index in [1.807, 2.05) is 6.92 Å². The van der Waals surface area contributed by atoms with Crippen LogP contribution in [0, 0.1) is 5.82 Å². The molecule has 1 aromatic rings. The molecule has 0 radical (unpaired) electrons. The van der Waals surface area contributed by atoms with Crippen LogP contribution in [-0.2, 0) is 10.2 Å². The highest BCUT2D eigenvalue weighted by molar-refractivity contribution is 5.74. The molecule has 6 heteroatoms. The Balaban J connectivity index is 2.01. The first kappa shape index (κ1) is 18.7. The minimum atomic E-state index is -0.263. The van der Waals surface area contributed by atoms with Crippen LogP contribution in [0.4, 0.5) is 9.18 Å². The minimum Gasteiger partial charge on any atom is -0.396 e. The van der Waals surface area contributed by atoms with Gasteiger partial charge in [0.05, 0.1) is 0 Å². The van der Waals surface area contributed by atoms with E-state index in [-0.39, 0.29) is 29.9 Å². The number of carbonyl (C=O) groups excluding carboxylic acids is 1. The molecule has 1 heterocycles. The van der Waals surface area contributed by atoms with Crippen LogP contribution in [0.5, 0.6) is 0 Å². The normalized spacial score (nSPS) is 18.0. The van der Waals surface area contributed by atoms with Crippen molar-refractivity contribution in [3.63, 3.8) is 0 Å². The molecule has 1 aliphatic heterocycles. The van der Waals surface area contributed by atoms with Crippen molar-refractivity contribution in [3.05, 3.63) is 35.6 Å². The van der Waals surface area contributed by atoms with Crippen molar-refractivity contribution in [2.24, 2.45) is 0 Å². The number of hydrogen-bond donors (Lipinski definition) is 3. The van der Waals surface area contributed by atoms with Gasteiger partial charge in [0.15, 0.2) is 0 Å². The summed E-state index contributed by atoms with van der Waals surface area (Å²) in [7, 11) is 0. The standard InChI is InChI=1S/C18H27FN2O3/c1-2-16(7-10-22)21-17(23)20-13-18(8-11-24-12-9-18)14-3-5-15(19)6-4-14/h3-6,16,22H,2,7-13H2,1H3,(H2,20,21,23). The first-order valence-corrected chi connectivity index (χ1v) is 8.58. The van der Waals surface area contributed by atoms with Crippen molar-refractivity contribution in [2.45, 2.75) is 44.1 Å². The summed E-state index contributed by atoms with van der Waals surface area (Å²) in [6.07, 6.45) is 2.88. The van der Waals surface area contributed by atoms with Crippen LogP contribution >= 0.6 is 0 Å². The third-order valence-electron chi connectivity index (χ3n) is 4.80. The Kier molecular flexibility index (Phi) is 6.99. The second-order valence-corrected chi connectivity index (χ2v) is 6.34. The molecule has 5 nitrogen and oxygen atoms in total. The van der Waals surface area contributed by atoms with Gasteiger partial charge in [0, 0.05) is 37.8 Å². The van der Waals surface area contributed by atoms with Gasteiger partial charge in [-0.3, -0.25) is 0 Å². The van der Waals surface area contributed by atoms with E-state index in [1.165, 1.54) is 12.1 Å². The zero-order valence-corrected chi connectivity index (χ0v) is 14.2. The summed E-state index contributed by atoms with van der Waals surface area (Å²) >= 11 is 0. The molecule has 1 saturated heterocycles. The minimum absolute atomic E-state index is 0.0357. The first-order valence-electron chi connectivity index (χ1n) is 8.58. The highest BCUT2D eigenvalue weighted by Crippen LogP contribution is 2.34. The molecule has 0 spiro atoms. The summed E-state index contributed by atoms with van der Waals surface area (Å²) in [5.74, 6) is -0.263. The molecule has 2 rings (SSSR count). The zero-order valence-electron chi connectivity index (χ0n) is 14.2. The molecule has 1 aliphatic rings. The Bertz CT molecular complexity index is 516. The molecule has 24 heavy (non-hydrogen) atoms. The number of urea groups is 1. The summed E-state index contributed by atoms with van der Waals surface area (Å²) in [6, 6.07) is 6.23. The highest BCUT2D eigenvalue weighted by Gasteiger charge is 2.35. The Morgan fingerprint density at radius 3 is 2.58 bits per heavy atom. The molecule has 1 aromatic carbocycles. The van der Waals surface area contributed by atoms with Crippen LogP contribution in [0.2, 0.25) is 0 Å². The van der Waals surface area contributed by atoms with Crippen molar-refractivity contribution in [1.82, 2.24) is 10.6 Å². The van der Waals surface area contributed by atoms with E-state index in [0.29, 0.717) is 26.2 Å². The second kappa shape index (κ2) is 8.99. The van der Waals surface area contributed by atoms with Gasteiger partial charge in [-0.25, -0.2) is 9.18 Å². The molecule has 1 unspecified atom stereocenters. The third-order valence-corrected chi connectivity index (χ3v) is 4.80. The van der Waals surface area contributed by atoms with Crippen molar-refractivity contribution in [1.29, 1.82) is 0 Å². The number of aliphatic hydroxyl groups is 1. The van der Waals surface area contributed by atoms with E-state index < -0.39 is 0 Å². The van der Waals surface area contributed by atoms with E-state index in [0.717, 1.165) is 24.8 Å². The predicted molar refractivity (Wildman–Crippen MR) is 90.4 cm³/mol. The van der Waals surface area contributed by atoms with Gasteiger partial charge in [-0.2, -0.15) is 0 Å². The molecule has 0 aromatic heterocycles. The van der Waals surface area contributed by atoms with Gasteiger partial charge in [-0.05, 0) is 43.4 Å². The quantitative estimate of drug-likeness (QED) is 0.715. The van der Waals surface area contributed by atoms with Crippen molar-refractivity contribution >= 4 is 6.03 Å². The molecule has 0 saturated carbocycles. The molecule has 1 atom stereocenters. The fraction of sp³-hybridized carbons (Fsp3) is 0.611. The molecular formula is C18H27FN2O3. The average Bonchev–Trinajstić information content (AvgIpc) is 2.61. The SMILES string of the molecule is CCC(CCO)NC(=O)NCC1(c2ccc(F)cc2)CCOCC1. The van der Waals surface area contributed by atoms with Crippen LogP contribution in [0.3, 0.4) is 0 Å². The van der Waals surface area contributed by atoms with Crippen molar-refractivity contribution < 1.29 is 19.0 Å². The van der Waals surface area contributed by atoms with E-state index >= 15 is 0 Å². The number of amides is 2. The lowest BCUT2D eigenvalue weighted by Gasteiger charge is -2.38. The van der Waals surface area contributed by atoms with Crippen LogP contribution < -0.4 is 10.6 Å². The highest BCUT2D eigenvalue weighted by atomic mass is 19.1. The van der Waals surface area contributed by atoms with Gasteiger partial charge in [-0.1, -0.05) is 19.1 Å². The maximum Gasteiger partial charge on any atom is 0.315 e. The number of aliphatic hydroxyl groups excluding tert-OH is 1. The Morgan fingerprint density at radius 2 is 2.00 bits per heavy atom. The topological polar surface area (TPSA) is 70.6 Å². The van der Waals surface area contributed by atoms with Gasteiger partial charge >= 0.3 is 6.03 Å². The third kappa shape index (κ3) is 4.92. The lowest BCUT2D eigenvalue weighted by atomic mass is 9.74. The van der Waals surface area contributed by atoms with Crippen LogP contribution in [0.1, 0.15) is 38.2 Å². The van der Waals surface area contributed by atoms with E-state index in [4.69, 9.17) is 9.84 Å². The number of carbonyl (C=O) groups is 1. The Hall–Kier alpha value is -1.66. The van der Waals surface area contributed by atoms with Gasteiger partial charge in [0.1, 0.15) is 5.82 Å². The van der Waals surface area contributed by atoms with Crippen LogP contribution in [-0.4, -0.2) is 43.5 Å². The maximum atomic E-state index is 13.2. The fourth-order valence-electron chi connectivity index (χ4n) is 3.15. The van der Waals surface area contributed by atoms with E-state index in [9.17, 15) is 9.18 Å². The zero-order chi connectivity index (χ0) is 17.4. The maximum absolute atomic E-state index is 13.2. The van der Waals surface area contributed by atoms with Crippen molar-refractivity contribution in [3.8, 4) is 0 Å². The summed E-state index contributed by atoms with van der Waals surface area (Å²) in [5, 5.41) is 14.8. The molecule has 2 amide bonds.